The predicted octanol–water partition coefficient (Wildman–Crippen LogP) is 0.0708. The molecule has 1 unspecified atom stereocenters. The van der Waals surface area contributed by atoms with Crippen molar-refractivity contribution in [3.63, 3.8) is 0 Å². The number of nitrogens with one attached hydrogen (secondary N) is 1. The van der Waals surface area contributed by atoms with Crippen molar-refractivity contribution >= 4 is 0 Å². The van der Waals surface area contributed by atoms with E-state index in [4.69, 9.17) is 5.11 Å². The van der Waals surface area contributed by atoms with E-state index in [9.17, 15) is 4.91 Å². The molecule has 0 aromatic heterocycles. The van der Waals surface area contributed by atoms with Crippen LogP contribution >= 0.6 is 0 Å². The molecule has 1 aliphatic rings. The number of rotatable bonds is 2. The third kappa shape index (κ3) is 1.75. The van der Waals surface area contributed by atoms with Crippen LogP contribution in [0.1, 0.15) is 12.8 Å². The lowest BCUT2D eigenvalue weighted by molar-refractivity contribution is 0.0953. The minimum atomic E-state index is -0.984. The van der Waals surface area contributed by atoms with E-state index < -0.39 is 6.23 Å². The lowest BCUT2D eigenvalue weighted by atomic mass is 9.97. The molecule has 1 rings (SSSR count). The van der Waals surface area contributed by atoms with Gasteiger partial charge in [0.25, 0.3) is 0 Å². The zero-order chi connectivity index (χ0) is 7.40. The molecule has 0 bridgehead atoms. The molecule has 4 heteroatoms. The fraction of sp³-hybridized carbons (Fsp3) is 1.00. The first-order valence-corrected chi connectivity index (χ1v) is 3.56. The van der Waals surface area contributed by atoms with Crippen LogP contribution in [0.25, 0.3) is 0 Å². The quantitative estimate of drug-likeness (QED) is 0.539. The SMILES string of the molecule is O=NC(O)C1CCNCC1. The molecule has 0 amide bonds. The molecule has 0 radical (unpaired) electrons. The van der Waals surface area contributed by atoms with Crippen LogP contribution < -0.4 is 5.32 Å². The molecule has 1 saturated heterocycles. The molecule has 0 saturated carbocycles. The van der Waals surface area contributed by atoms with E-state index in [0.29, 0.717) is 0 Å². The van der Waals surface area contributed by atoms with Crippen molar-refractivity contribution in [3.05, 3.63) is 4.91 Å². The Hall–Kier alpha value is -0.480. The topological polar surface area (TPSA) is 61.7 Å². The van der Waals surface area contributed by atoms with Crippen LogP contribution in [0.3, 0.4) is 0 Å². The maximum absolute atomic E-state index is 9.88. The van der Waals surface area contributed by atoms with Gasteiger partial charge in [0.15, 0.2) is 6.23 Å². The molecule has 58 valence electrons. The standard InChI is InChI=1S/C6H12N2O2/c9-6(8-10)5-1-3-7-4-2-5/h5-7,9H,1-4H2. The van der Waals surface area contributed by atoms with Gasteiger partial charge in [0.05, 0.1) is 0 Å². The van der Waals surface area contributed by atoms with Crippen molar-refractivity contribution in [3.8, 4) is 0 Å². The van der Waals surface area contributed by atoms with E-state index in [1.165, 1.54) is 0 Å². The summed E-state index contributed by atoms with van der Waals surface area (Å²) in [5.41, 5.74) is 0. The van der Waals surface area contributed by atoms with Gasteiger partial charge in [-0.25, -0.2) is 0 Å². The zero-order valence-corrected chi connectivity index (χ0v) is 5.79. The molecule has 0 aromatic rings. The molecule has 1 atom stereocenters. The highest BCUT2D eigenvalue weighted by molar-refractivity contribution is 4.72. The monoisotopic (exact) mass is 144 g/mol. The summed E-state index contributed by atoms with van der Waals surface area (Å²) >= 11 is 0. The molecule has 1 heterocycles. The molecule has 2 N–H and O–H groups in total. The summed E-state index contributed by atoms with van der Waals surface area (Å²) in [5.74, 6) is 0.0822. The van der Waals surface area contributed by atoms with E-state index in [1.54, 1.807) is 0 Å². The minimum absolute atomic E-state index is 0.0822. The second-order valence-electron chi connectivity index (χ2n) is 2.61. The predicted molar refractivity (Wildman–Crippen MR) is 37.4 cm³/mol. The highest BCUT2D eigenvalue weighted by Crippen LogP contribution is 2.16. The number of hydrogen-bond acceptors (Lipinski definition) is 4. The van der Waals surface area contributed by atoms with E-state index in [1.807, 2.05) is 0 Å². The summed E-state index contributed by atoms with van der Waals surface area (Å²) in [4.78, 5) is 9.88. The van der Waals surface area contributed by atoms with E-state index in [0.717, 1.165) is 25.9 Å². The van der Waals surface area contributed by atoms with Crippen LogP contribution in [0.2, 0.25) is 0 Å². The Morgan fingerprint density at radius 2 is 2.10 bits per heavy atom. The van der Waals surface area contributed by atoms with Gasteiger partial charge in [-0.05, 0) is 31.1 Å². The first-order valence-electron chi connectivity index (χ1n) is 3.56. The van der Waals surface area contributed by atoms with E-state index in [2.05, 4.69) is 10.5 Å². The summed E-state index contributed by atoms with van der Waals surface area (Å²) in [6.45, 7) is 1.77. The minimum Gasteiger partial charge on any atom is -0.369 e. The van der Waals surface area contributed by atoms with Crippen molar-refractivity contribution in [2.24, 2.45) is 11.1 Å². The normalized spacial score (nSPS) is 24.1. The van der Waals surface area contributed by atoms with Crippen molar-refractivity contribution in [2.75, 3.05) is 13.1 Å². The second-order valence-corrected chi connectivity index (χ2v) is 2.61. The van der Waals surface area contributed by atoms with Gasteiger partial charge in [0.1, 0.15) is 0 Å². The molecule has 1 aliphatic heterocycles. The van der Waals surface area contributed by atoms with Crippen molar-refractivity contribution in [1.29, 1.82) is 0 Å². The summed E-state index contributed by atoms with van der Waals surface area (Å²) < 4.78 is 0. The average Bonchev–Trinajstić information content (AvgIpc) is 2.05. The van der Waals surface area contributed by atoms with Crippen LogP contribution in [0, 0.1) is 10.8 Å². The van der Waals surface area contributed by atoms with Gasteiger partial charge < -0.3 is 10.4 Å². The van der Waals surface area contributed by atoms with Crippen LogP contribution in [0.4, 0.5) is 0 Å². The largest absolute Gasteiger partial charge is 0.369 e. The van der Waals surface area contributed by atoms with Crippen molar-refractivity contribution in [2.45, 2.75) is 19.1 Å². The van der Waals surface area contributed by atoms with E-state index in [-0.39, 0.29) is 5.92 Å². The van der Waals surface area contributed by atoms with Gasteiger partial charge in [-0.1, -0.05) is 0 Å². The van der Waals surface area contributed by atoms with Gasteiger partial charge in [-0.3, -0.25) is 0 Å². The van der Waals surface area contributed by atoms with Gasteiger partial charge in [-0.2, -0.15) is 0 Å². The lowest BCUT2D eigenvalue weighted by Gasteiger charge is -2.22. The zero-order valence-electron chi connectivity index (χ0n) is 5.79. The molecular weight excluding hydrogens is 132 g/mol. The van der Waals surface area contributed by atoms with E-state index >= 15 is 0 Å². The molecular formula is C6H12N2O2. The number of hydrogen-bond donors (Lipinski definition) is 2. The summed E-state index contributed by atoms with van der Waals surface area (Å²) in [5, 5.41) is 14.7. The third-order valence-corrected chi connectivity index (χ3v) is 1.91. The molecule has 10 heavy (non-hydrogen) atoms. The summed E-state index contributed by atoms with van der Waals surface area (Å²) in [7, 11) is 0. The third-order valence-electron chi connectivity index (χ3n) is 1.91. The van der Waals surface area contributed by atoms with Crippen LogP contribution in [0.15, 0.2) is 5.18 Å². The number of aliphatic hydroxyl groups excluding tert-OH is 1. The van der Waals surface area contributed by atoms with Gasteiger partial charge in [0, 0.05) is 5.92 Å². The Balaban J connectivity index is 2.30. The van der Waals surface area contributed by atoms with Crippen molar-refractivity contribution < 1.29 is 5.11 Å². The Morgan fingerprint density at radius 3 is 2.60 bits per heavy atom. The summed E-state index contributed by atoms with van der Waals surface area (Å²) in [6, 6.07) is 0. The average molecular weight is 144 g/mol. The molecule has 0 aromatic carbocycles. The van der Waals surface area contributed by atoms with Gasteiger partial charge in [-0.15, -0.1) is 4.91 Å². The Kier molecular flexibility index (Phi) is 2.77. The smallest absolute Gasteiger partial charge is 0.189 e. The molecule has 0 spiro atoms. The first-order chi connectivity index (χ1) is 4.84. The molecule has 0 aliphatic carbocycles. The van der Waals surface area contributed by atoms with Gasteiger partial charge in [0.2, 0.25) is 0 Å². The number of nitrogens with zero attached hydrogens (tertiary/aromatic N) is 1. The maximum Gasteiger partial charge on any atom is 0.189 e. The highest BCUT2D eigenvalue weighted by Gasteiger charge is 2.21. The van der Waals surface area contributed by atoms with Gasteiger partial charge >= 0.3 is 0 Å². The number of aliphatic hydroxyl groups is 1. The second kappa shape index (κ2) is 3.63. The maximum atomic E-state index is 9.88. The summed E-state index contributed by atoms with van der Waals surface area (Å²) in [6.07, 6.45) is 0.724. The number of piperidine rings is 1. The highest BCUT2D eigenvalue weighted by atomic mass is 16.3. The Labute approximate surface area is 59.6 Å². The Bertz CT molecular complexity index is 112. The molecule has 1 fully saturated rings. The lowest BCUT2D eigenvalue weighted by Crippen LogP contribution is -2.33. The molecule has 4 nitrogen and oxygen atoms in total. The van der Waals surface area contributed by atoms with Crippen molar-refractivity contribution in [1.82, 2.24) is 5.32 Å². The first kappa shape index (κ1) is 7.63. The van der Waals surface area contributed by atoms with Crippen LogP contribution in [-0.4, -0.2) is 24.4 Å². The Morgan fingerprint density at radius 1 is 1.50 bits per heavy atom. The number of nitroso groups, excluding NO2 is 1. The van der Waals surface area contributed by atoms with Crippen LogP contribution in [-0.2, 0) is 0 Å². The fourth-order valence-electron chi connectivity index (χ4n) is 1.23. The van der Waals surface area contributed by atoms with Crippen LogP contribution in [0.5, 0.6) is 0 Å². The fourth-order valence-corrected chi connectivity index (χ4v) is 1.23.